The maximum absolute atomic E-state index is 11.8. The number of unbranched alkanes of at least 4 members (excludes halogenated alkanes) is 1. The molecule has 1 radical (unpaired) electrons. The summed E-state index contributed by atoms with van der Waals surface area (Å²) >= 11 is 0. The number of hydrogen-bond donors (Lipinski definition) is 0. The van der Waals surface area contributed by atoms with E-state index >= 15 is 0 Å². The Morgan fingerprint density at radius 3 is 1.90 bits per heavy atom. The Hall–Kier alpha value is 1.47. The number of carbonyl (C=O) groups is 1. The molecule has 0 spiro atoms. The maximum Gasteiger partial charge on any atom is 0.111 e. The summed E-state index contributed by atoms with van der Waals surface area (Å²) in [6.45, 7) is 20.0. The summed E-state index contributed by atoms with van der Waals surface area (Å²) in [6, 6.07) is 0. The summed E-state index contributed by atoms with van der Waals surface area (Å²) in [5.74, 6) is 1.45. The van der Waals surface area contributed by atoms with Gasteiger partial charge in [0.05, 0.1) is 0 Å². The molecule has 0 aromatic rings. The third kappa shape index (κ3) is 19.4. The van der Waals surface area contributed by atoms with Crippen LogP contribution in [0.5, 0.6) is 0 Å². The third-order valence-corrected chi connectivity index (χ3v) is 4.46. The van der Waals surface area contributed by atoms with Gasteiger partial charge in [0.25, 0.3) is 0 Å². The molecule has 0 aromatic carbocycles. The largest absolute Gasteiger partial charge is 0.343 e. The monoisotopic (exact) mass is 407 g/mol. The molecule has 0 aromatic heterocycles. The Balaban J connectivity index is -0.000000347. The van der Waals surface area contributed by atoms with E-state index in [-0.39, 0.29) is 55.2 Å². The van der Waals surface area contributed by atoms with Gasteiger partial charge in [-0.25, -0.2) is 0 Å². The van der Waals surface area contributed by atoms with Crippen LogP contribution in [0.25, 0.3) is 0 Å². The minimum absolute atomic E-state index is 0. The van der Waals surface area contributed by atoms with Crippen molar-refractivity contribution in [1.29, 1.82) is 0 Å². The Morgan fingerprint density at radius 2 is 1.62 bits per heavy atom. The molecule has 1 atom stereocenters. The average molecular weight is 407 g/mol. The van der Waals surface area contributed by atoms with Crippen molar-refractivity contribution in [2.45, 2.75) is 60.8 Å². The molecule has 1 nitrogen and oxygen atoms in total. The molecule has 0 aliphatic carbocycles. The van der Waals surface area contributed by atoms with Crippen LogP contribution in [0, 0.1) is 30.6 Å². The van der Waals surface area contributed by atoms with Crippen LogP contribution in [0.1, 0.15) is 60.8 Å². The minimum atomic E-state index is -0.252. The fourth-order valence-electron chi connectivity index (χ4n) is 1.69. The molecule has 21 heavy (non-hydrogen) atoms. The van der Waals surface area contributed by atoms with Gasteiger partial charge in [0.1, 0.15) is 5.78 Å². The number of Topliss-reactive ketones (excluding diaryl/α,β-unsaturated/α-hetero) is 1. The second-order valence-electron chi connectivity index (χ2n) is 7.27. The van der Waals surface area contributed by atoms with Crippen LogP contribution < -0.4 is 0 Å². The molecule has 0 fully saturated rings. The second kappa shape index (κ2) is 13.9. The molecule has 0 amide bonds. The molecular formula is C17H34OS2Y-2. The van der Waals surface area contributed by atoms with E-state index in [2.05, 4.69) is 40.9 Å². The zero-order valence-corrected chi connectivity index (χ0v) is 19.6. The first-order valence-electron chi connectivity index (χ1n) is 7.28. The fraction of sp³-hybridized carbons (Fsp3) is 0.824. The summed E-state index contributed by atoms with van der Waals surface area (Å²) in [5, 5.41) is 0. The van der Waals surface area contributed by atoms with E-state index in [4.69, 9.17) is 0 Å². The molecule has 0 aliphatic heterocycles. The van der Waals surface area contributed by atoms with Crippen molar-refractivity contribution in [3.8, 4) is 0 Å². The smallest absolute Gasteiger partial charge is 0.111 e. The van der Waals surface area contributed by atoms with E-state index in [1.807, 2.05) is 42.4 Å². The van der Waals surface area contributed by atoms with Gasteiger partial charge >= 0.3 is 0 Å². The number of hydrogen-bond acceptors (Lipinski definition) is 3. The van der Waals surface area contributed by atoms with E-state index < -0.39 is 0 Å². The van der Waals surface area contributed by atoms with Crippen molar-refractivity contribution in [2.75, 3.05) is 12.0 Å². The Labute approximate surface area is 167 Å². The van der Waals surface area contributed by atoms with Crippen LogP contribution in [-0.2, 0) is 37.5 Å². The molecule has 1 unspecified atom stereocenters. The maximum atomic E-state index is 11.8. The zero-order valence-electron chi connectivity index (χ0n) is 15.1. The van der Waals surface area contributed by atoms with E-state index in [1.165, 1.54) is 12.2 Å². The molecule has 0 heterocycles. The zero-order chi connectivity index (χ0) is 16.4. The first kappa shape index (κ1) is 27.3. The Morgan fingerprint density at radius 1 is 1.14 bits per heavy atom. The van der Waals surface area contributed by atoms with Crippen LogP contribution in [0.3, 0.4) is 0 Å². The van der Waals surface area contributed by atoms with Crippen LogP contribution >= 0.6 is 21.6 Å². The SMILES string of the molecule is [CH2-]C(CC(C)(C)C)C(=O)C(C)(C)C.[CH2-]CCCSSC.[Y]. The third-order valence-electron chi connectivity index (χ3n) is 2.56. The van der Waals surface area contributed by atoms with E-state index in [0.29, 0.717) is 0 Å². The predicted molar refractivity (Wildman–Crippen MR) is 97.9 cm³/mol. The van der Waals surface area contributed by atoms with Gasteiger partial charge in [0.15, 0.2) is 0 Å². The van der Waals surface area contributed by atoms with Gasteiger partial charge in [-0.05, 0) is 11.7 Å². The Bertz CT molecular complexity index is 250. The molecule has 125 valence electrons. The summed E-state index contributed by atoms with van der Waals surface area (Å²) in [5.41, 5.74) is -0.0645. The molecule has 0 bridgehead atoms. The summed E-state index contributed by atoms with van der Waals surface area (Å²) in [4.78, 5) is 11.8. The normalized spacial score (nSPS) is 12.8. The summed E-state index contributed by atoms with van der Waals surface area (Å²) < 4.78 is 0. The number of rotatable bonds is 6. The molecule has 0 aliphatic rings. The van der Waals surface area contributed by atoms with Crippen LogP contribution in [0.4, 0.5) is 0 Å². The van der Waals surface area contributed by atoms with Crippen molar-refractivity contribution in [3.05, 3.63) is 13.8 Å². The van der Waals surface area contributed by atoms with Crippen molar-refractivity contribution in [3.63, 3.8) is 0 Å². The quantitative estimate of drug-likeness (QED) is 0.301. The van der Waals surface area contributed by atoms with Crippen LogP contribution in [-0.4, -0.2) is 17.8 Å². The number of ketones is 1. The molecular weight excluding hydrogens is 373 g/mol. The Kier molecular flexibility index (Phi) is 18.1. The summed E-state index contributed by atoms with van der Waals surface area (Å²) in [6.07, 6.45) is 5.30. The first-order valence-corrected chi connectivity index (χ1v) is 10.0. The van der Waals surface area contributed by atoms with Gasteiger partial charge in [-0.2, -0.15) is 6.42 Å². The topological polar surface area (TPSA) is 17.1 Å². The summed E-state index contributed by atoms with van der Waals surface area (Å²) in [7, 11) is 3.74. The van der Waals surface area contributed by atoms with Gasteiger partial charge in [-0.15, -0.1) is 5.92 Å². The van der Waals surface area contributed by atoms with Gasteiger partial charge in [-0.1, -0.05) is 76.0 Å². The minimum Gasteiger partial charge on any atom is -0.343 e. The van der Waals surface area contributed by atoms with Crippen LogP contribution in [0.2, 0.25) is 0 Å². The number of carbonyl (C=O) groups excluding carboxylic acids is 1. The fourth-order valence-corrected chi connectivity index (χ4v) is 3.03. The predicted octanol–water partition coefficient (Wildman–Crippen LogP) is 6.10. The second-order valence-corrected chi connectivity index (χ2v) is 9.96. The molecule has 0 saturated carbocycles. The van der Waals surface area contributed by atoms with Crippen molar-refractivity contribution in [2.24, 2.45) is 16.7 Å². The molecule has 0 N–H and O–H groups in total. The van der Waals surface area contributed by atoms with Gasteiger partial charge in [0.2, 0.25) is 0 Å². The van der Waals surface area contributed by atoms with E-state index in [9.17, 15) is 4.79 Å². The van der Waals surface area contributed by atoms with Gasteiger partial charge in [-0.3, -0.25) is 0 Å². The first-order chi connectivity index (χ1) is 8.95. The van der Waals surface area contributed by atoms with Gasteiger partial charge < -0.3 is 18.6 Å². The molecule has 0 rings (SSSR count). The molecule has 4 heteroatoms. The van der Waals surface area contributed by atoms with Crippen molar-refractivity contribution in [1.82, 2.24) is 0 Å². The molecule has 0 saturated heterocycles. The van der Waals surface area contributed by atoms with Crippen LogP contribution in [0.15, 0.2) is 0 Å². The standard InChI is InChI=1S/C12H23O.C5H11S2.Y/c1-9(8-11(2,3)4)10(13)12(5,6)7;1-3-4-5-7-6-2;/h9H,1,8H2,2-7H3;1,3-5H2,2H3;/q2*-1;. The average Bonchev–Trinajstić information content (AvgIpc) is 2.26. The van der Waals surface area contributed by atoms with Gasteiger partial charge in [0, 0.05) is 43.9 Å². The van der Waals surface area contributed by atoms with Crippen molar-refractivity contribution < 1.29 is 37.5 Å². The van der Waals surface area contributed by atoms with E-state index in [1.54, 1.807) is 0 Å². The van der Waals surface area contributed by atoms with Crippen molar-refractivity contribution >= 4 is 27.4 Å². The van der Waals surface area contributed by atoms with E-state index in [0.717, 1.165) is 12.8 Å².